The molecule has 1 saturated carbocycles. The van der Waals surface area contributed by atoms with Gasteiger partial charge in [0.05, 0.1) is 11.4 Å². The first-order valence-corrected chi connectivity index (χ1v) is 13.6. The van der Waals surface area contributed by atoms with Gasteiger partial charge in [-0.1, -0.05) is 12.1 Å². The van der Waals surface area contributed by atoms with Crippen LogP contribution in [0.3, 0.4) is 0 Å². The summed E-state index contributed by atoms with van der Waals surface area (Å²) in [5, 5.41) is 0. The van der Waals surface area contributed by atoms with Crippen molar-refractivity contribution in [1.29, 1.82) is 0 Å². The molecule has 0 amide bonds. The molecule has 0 spiro atoms. The van der Waals surface area contributed by atoms with Gasteiger partial charge in [-0.15, -0.1) is 0 Å². The number of Topliss-reactive ketones (excluding diaryl/α,β-unsaturated/α-hetero) is 1. The molecule has 1 aliphatic heterocycles. The number of aromatic nitrogens is 3. The molecule has 6 nitrogen and oxygen atoms in total. The van der Waals surface area contributed by atoms with Crippen molar-refractivity contribution in [2.45, 2.75) is 70.1 Å². The van der Waals surface area contributed by atoms with Crippen molar-refractivity contribution in [3.05, 3.63) is 59.2 Å². The van der Waals surface area contributed by atoms with Crippen LogP contribution in [-0.4, -0.2) is 63.1 Å². The fourth-order valence-corrected chi connectivity index (χ4v) is 5.80. The third-order valence-electron chi connectivity index (χ3n) is 8.04. The normalized spacial score (nSPS) is 22.4. The lowest BCUT2D eigenvalue weighted by Crippen LogP contribution is -2.36. The van der Waals surface area contributed by atoms with Crippen molar-refractivity contribution >= 4 is 11.4 Å². The summed E-state index contributed by atoms with van der Waals surface area (Å²) in [5.74, 6) is 0.224. The van der Waals surface area contributed by atoms with Gasteiger partial charge in [-0.25, -0.2) is 14.4 Å². The number of aryl methyl sites for hydroxylation is 1. The van der Waals surface area contributed by atoms with Crippen molar-refractivity contribution in [2.75, 3.05) is 26.2 Å². The van der Waals surface area contributed by atoms with Crippen LogP contribution in [0.2, 0.25) is 0 Å². The number of fused-ring (bicyclic) bond motifs is 2. The van der Waals surface area contributed by atoms with Crippen LogP contribution in [0.15, 0.2) is 36.5 Å². The molecule has 39 heavy (non-hydrogen) atoms. The van der Waals surface area contributed by atoms with Gasteiger partial charge in [0.1, 0.15) is 11.3 Å². The lowest BCUT2D eigenvalue weighted by molar-refractivity contribution is -0.154. The van der Waals surface area contributed by atoms with E-state index in [9.17, 15) is 18.0 Å². The summed E-state index contributed by atoms with van der Waals surface area (Å²) in [5.41, 5.74) is 2.75. The van der Waals surface area contributed by atoms with Gasteiger partial charge in [0.2, 0.25) is 5.88 Å². The predicted molar refractivity (Wildman–Crippen MR) is 139 cm³/mol. The van der Waals surface area contributed by atoms with E-state index in [1.807, 2.05) is 35.7 Å². The molecule has 0 unspecified atom stereocenters. The summed E-state index contributed by atoms with van der Waals surface area (Å²) in [7, 11) is 0. The summed E-state index contributed by atoms with van der Waals surface area (Å²) >= 11 is 0. The van der Waals surface area contributed by atoms with Gasteiger partial charge in [0, 0.05) is 50.4 Å². The third kappa shape index (κ3) is 6.96. The van der Waals surface area contributed by atoms with E-state index in [4.69, 9.17) is 4.74 Å². The number of carbonyl (C=O) groups is 1. The molecule has 210 valence electrons. The Hall–Kier alpha value is -3.01. The Labute approximate surface area is 225 Å². The maximum atomic E-state index is 15.7. The minimum Gasteiger partial charge on any atom is -0.468 e. The molecule has 1 aliphatic carbocycles. The zero-order valence-corrected chi connectivity index (χ0v) is 22.1. The fraction of sp³-hybridized carbons (Fsp3) is 0.552. The summed E-state index contributed by atoms with van der Waals surface area (Å²) in [4.78, 5) is 24.0. The Bertz CT molecular complexity index is 1310. The smallest absolute Gasteiger partial charge is 0.422 e. The number of alkyl halides is 4. The van der Waals surface area contributed by atoms with Gasteiger partial charge in [-0.05, 0) is 69.1 Å². The van der Waals surface area contributed by atoms with Crippen molar-refractivity contribution < 1.29 is 27.1 Å². The predicted octanol–water partition coefficient (Wildman–Crippen LogP) is 5.94. The lowest BCUT2D eigenvalue weighted by Gasteiger charge is -2.35. The summed E-state index contributed by atoms with van der Waals surface area (Å²) in [6, 6.07) is 8.82. The molecule has 0 aromatic carbocycles. The molecule has 3 aromatic heterocycles. The van der Waals surface area contributed by atoms with Crippen LogP contribution in [0.25, 0.3) is 5.65 Å². The fourth-order valence-electron chi connectivity index (χ4n) is 5.80. The molecule has 0 N–H and O–H groups in total. The van der Waals surface area contributed by atoms with E-state index < -0.39 is 18.5 Å². The maximum Gasteiger partial charge on any atom is 0.422 e. The molecule has 10 heteroatoms. The highest BCUT2D eigenvalue weighted by Crippen LogP contribution is 2.39. The van der Waals surface area contributed by atoms with E-state index in [0.29, 0.717) is 70.2 Å². The van der Waals surface area contributed by atoms with Gasteiger partial charge in [0.15, 0.2) is 12.4 Å². The zero-order valence-electron chi connectivity index (χ0n) is 22.1. The van der Waals surface area contributed by atoms with Gasteiger partial charge in [-0.3, -0.25) is 9.20 Å². The van der Waals surface area contributed by atoms with Crippen LogP contribution in [0.5, 0.6) is 5.88 Å². The highest BCUT2D eigenvalue weighted by Gasteiger charge is 2.36. The molecule has 5 rings (SSSR count). The number of rotatable bonds is 8. The standard InChI is InChI=1S/C29H34F4N4O2/c1-20-18-37-24(3-2-4-26(37)34-20)25(38)17-21-7-11-28(30,12-8-21)13-16-36-14-9-22-5-6-27(35-23(22)10-15-36)39-19-29(31,32)33/h2-6,18,21H,7-17,19H2,1H3. The number of imidazole rings is 1. The quantitative estimate of drug-likeness (QED) is 0.259. The second-order valence-electron chi connectivity index (χ2n) is 11.0. The first-order chi connectivity index (χ1) is 18.6. The van der Waals surface area contributed by atoms with E-state index in [0.717, 1.165) is 29.1 Å². The number of hydrogen-bond acceptors (Lipinski definition) is 5. The molecule has 0 bridgehead atoms. The van der Waals surface area contributed by atoms with E-state index in [2.05, 4.69) is 14.9 Å². The van der Waals surface area contributed by atoms with Crippen LogP contribution in [-0.2, 0) is 12.8 Å². The average Bonchev–Trinajstić information content (AvgIpc) is 3.16. The Morgan fingerprint density at radius 2 is 1.87 bits per heavy atom. The Kier molecular flexibility index (Phi) is 7.94. The first kappa shape index (κ1) is 27.6. The molecule has 3 aromatic rings. The van der Waals surface area contributed by atoms with Crippen molar-refractivity contribution in [3.63, 3.8) is 0 Å². The number of carbonyl (C=O) groups excluding carboxylic acids is 1. The van der Waals surface area contributed by atoms with Crippen LogP contribution in [0.1, 0.15) is 66.0 Å². The van der Waals surface area contributed by atoms with Crippen LogP contribution in [0.4, 0.5) is 17.6 Å². The number of pyridine rings is 2. The monoisotopic (exact) mass is 546 g/mol. The molecule has 0 saturated heterocycles. The van der Waals surface area contributed by atoms with Crippen LogP contribution < -0.4 is 4.74 Å². The molecule has 0 atom stereocenters. The Morgan fingerprint density at radius 1 is 1.10 bits per heavy atom. The Balaban J connectivity index is 1.09. The van der Waals surface area contributed by atoms with Gasteiger partial charge >= 0.3 is 6.18 Å². The Morgan fingerprint density at radius 3 is 2.64 bits per heavy atom. The molecular weight excluding hydrogens is 512 g/mol. The third-order valence-corrected chi connectivity index (χ3v) is 8.04. The number of halogens is 4. The summed E-state index contributed by atoms with van der Waals surface area (Å²) in [6.07, 6.45) is 1.91. The van der Waals surface area contributed by atoms with Crippen molar-refractivity contribution in [2.24, 2.45) is 5.92 Å². The maximum absolute atomic E-state index is 15.7. The van der Waals surface area contributed by atoms with Gasteiger partial charge in [-0.2, -0.15) is 13.2 Å². The largest absolute Gasteiger partial charge is 0.468 e. The number of ether oxygens (including phenoxy) is 1. The number of ketones is 1. The highest BCUT2D eigenvalue weighted by molar-refractivity contribution is 5.95. The highest BCUT2D eigenvalue weighted by atomic mass is 19.4. The molecule has 0 radical (unpaired) electrons. The topological polar surface area (TPSA) is 59.7 Å². The first-order valence-electron chi connectivity index (χ1n) is 13.6. The SMILES string of the molecule is Cc1cn2c(C(=O)CC3CCC(F)(CCN4CCc5ccc(OCC(F)(F)F)nc5CC4)CC3)cccc2n1. The number of nitrogens with zero attached hydrogens (tertiary/aromatic N) is 4. The minimum atomic E-state index is -4.41. The van der Waals surface area contributed by atoms with Crippen molar-refractivity contribution in [1.82, 2.24) is 19.3 Å². The van der Waals surface area contributed by atoms with E-state index >= 15 is 4.39 Å². The second-order valence-corrected chi connectivity index (χ2v) is 11.0. The van der Waals surface area contributed by atoms with Gasteiger partial charge in [0.25, 0.3) is 0 Å². The zero-order chi connectivity index (χ0) is 27.6. The molecule has 4 heterocycles. The van der Waals surface area contributed by atoms with Crippen LogP contribution >= 0.6 is 0 Å². The van der Waals surface area contributed by atoms with E-state index in [1.54, 1.807) is 6.07 Å². The van der Waals surface area contributed by atoms with E-state index in [1.165, 1.54) is 6.07 Å². The van der Waals surface area contributed by atoms with Crippen molar-refractivity contribution in [3.8, 4) is 5.88 Å². The molecule has 1 fully saturated rings. The van der Waals surface area contributed by atoms with Crippen LogP contribution in [0, 0.1) is 12.8 Å². The van der Waals surface area contributed by atoms with E-state index in [-0.39, 0.29) is 17.6 Å². The average molecular weight is 547 g/mol. The summed E-state index contributed by atoms with van der Waals surface area (Å²) in [6.45, 7) is 2.59. The number of hydrogen-bond donors (Lipinski definition) is 0. The lowest BCUT2D eigenvalue weighted by atomic mass is 9.76. The molecular formula is C29H34F4N4O2. The van der Waals surface area contributed by atoms with Gasteiger partial charge < -0.3 is 9.64 Å². The second kappa shape index (κ2) is 11.2. The summed E-state index contributed by atoms with van der Waals surface area (Å²) < 4.78 is 59.7. The minimum absolute atomic E-state index is 0.0192. The molecule has 2 aliphatic rings.